The molecule has 1 aromatic heterocycles. The van der Waals surface area contributed by atoms with Gasteiger partial charge in [-0.15, -0.1) is 10.2 Å². The number of methoxy groups -OCH3 is 1. The van der Waals surface area contributed by atoms with Crippen LogP contribution in [0.3, 0.4) is 0 Å². The van der Waals surface area contributed by atoms with Gasteiger partial charge in [-0.2, -0.15) is 0 Å². The fourth-order valence-electron chi connectivity index (χ4n) is 1.60. The molecule has 0 aliphatic carbocycles. The van der Waals surface area contributed by atoms with Crippen molar-refractivity contribution in [1.82, 2.24) is 15.5 Å². The Bertz CT molecular complexity index is 441. The van der Waals surface area contributed by atoms with E-state index in [1.807, 2.05) is 6.92 Å². The molecular formula is C11H14N4O2. The molecule has 2 heterocycles. The topological polar surface area (TPSA) is 76.5 Å². The monoisotopic (exact) mass is 234 g/mol. The molecule has 1 aliphatic heterocycles. The quantitative estimate of drug-likeness (QED) is 0.824. The molecule has 0 spiro atoms. The number of nitrogens with one attached hydrogen (secondary N) is 1. The van der Waals surface area contributed by atoms with Crippen LogP contribution in [0.2, 0.25) is 0 Å². The Hall–Kier alpha value is -1.98. The van der Waals surface area contributed by atoms with Crippen LogP contribution < -0.4 is 10.1 Å². The lowest BCUT2D eigenvalue weighted by Gasteiger charge is -2.00. The molecule has 6 heteroatoms. The summed E-state index contributed by atoms with van der Waals surface area (Å²) in [7, 11) is 1.52. The Kier molecular flexibility index (Phi) is 3.32. The summed E-state index contributed by atoms with van der Waals surface area (Å²) >= 11 is 0. The lowest BCUT2D eigenvalue weighted by atomic mass is 10.2. The fraction of sp³-hybridized carbons (Fsp3) is 0.455. The van der Waals surface area contributed by atoms with Gasteiger partial charge in [-0.25, -0.2) is 0 Å². The molecule has 1 atom stereocenters. The average Bonchev–Trinajstić information content (AvgIpc) is 2.72. The number of carbonyl (C=O) groups excluding carboxylic acids is 1. The Labute approximate surface area is 99.1 Å². The van der Waals surface area contributed by atoms with Gasteiger partial charge in [0.2, 0.25) is 11.8 Å². The highest BCUT2D eigenvalue weighted by atomic mass is 16.5. The summed E-state index contributed by atoms with van der Waals surface area (Å²) in [4.78, 5) is 15.9. The molecule has 0 bridgehead atoms. The predicted octanol–water partition coefficient (Wildman–Crippen LogP) is 0.530. The number of hydrogen-bond donors (Lipinski definition) is 1. The number of aliphatic imine (C=N–C) groups is 1. The Morgan fingerprint density at radius 1 is 1.41 bits per heavy atom. The lowest BCUT2D eigenvalue weighted by molar-refractivity contribution is -0.120. The van der Waals surface area contributed by atoms with E-state index in [1.54, 1.807) is 12.1 Å². The predicted molar refractivity (Wildman–Crippen MR) is 62.0 cm³/mol. The number of hydrogen-bond acceptors (Lipinski definition) is 5. The third kappa shape index (κ3) is 2.41. The van der Waals surface area contributed by atoms with Crippen molar-refractivity contribution in [1.29, 1.82) is 0 Å². The van der Waals surface area contributed by atoms with Gasteiger partial charge in [-0.3, -0.25) is 9.79 Å². The molecule has 1 aromatic rings. The van der Waals surface area contributed by atoms with Crippen LogP contribution in [-0.4, -0.2) is 35.1 Å². The average molecular weight is 234 g/mol. The Morgan fingerprint density at radius 3 is 2.82 bits per heavy atom. The van der Waals surface area contributed by atoms with Crippen molar-refractivity contribution in [2.24, 2.45) is 4.99 Å². The molecule has 6 nitrogen and oxygen atoms in total. The minimum absolute atomic E-state index is 0.0699. The third-order valence-electron chi connectivity index (χ3n) is 2.48. The molecule has 0 aromatic carbocycles. The zero-order valence-electron chi connectivity index (χ0n) is 9.80. The molecule has 1 amide bonds. The largest absolute Gasteiger partial charge is 0.480 e. The van der Waals surface area contributed by atoms with Crippen LogP contribution in [-0.2, 0) is 4.79 Å². The first-order valence-electron chi connectivity index (χ1n) is 5.51. The number of nitrogens with zero attached hydrogens (tertiary/aromatic N) is 3. The highest BCUT2D eigenvalue weighted by molar-refractivity contribution is 6.12. The van der Waals surface area contributed by atoms with Crippen molar-refractivity contribution in [3.05, 3.63) is 17.8 Å². The van der Waals surface area contributed by atoms with E-state index in [2.05, 4.69) is 20.5 Å². The number of carbonyl (C=O) groups is 1. The van der Waals surface area contributed by atoms with Crippen LogP contribution in [0.25, 0.3) is 0 Å². The summed E-state index contributed by atoms with van der Waals surface area (Å²) < 4.78 is 4.91. The summed E-state index contributed by atoms with van der Waals surface area (Å²) in [6.07, 6.45) is 1.67. The SMILES string of the molecule is CCCC1N=C(c2ccc(OC)nn2)NC1=O. The summed E-state index contributed by atoms with van der Waals surface area (Å²) in [6.45, 7) is 2.02. The molecule has 1 aliphatic rings. The van der Waals surface area contributed by atoms with E-state index in [0.717, 1.165) is 12.8 Å². The first-order valence-corrected chi connectivity index (χ1v) is 5.51. The smallest absolute Gasteiger partial charge is 0.250 e. The van der Waals surface area contributed by atoms with Crippen LogP contribution >= 0.6 is 0 Å². The van der Waals surface area contributed by atoms with Gasteiger partial charge in [0.1, 0.15) is 11.7 Å². The molecule has 0 radical (unpaired) electrons. The normalized spacial score (nSPS) is 18.8. The molecule has 0 saturated carbocycles. The number of aromatic nitrogens is 2. The summed E-state index contributed by atoms with van der Waals surface area (Å²) in [5.41, 5.74) is 0.553. The highest BCUT2D eigenvalue weighted by Crippen LogP contribution is 2.11. The minimum Gasteiger partial charge on any atom is -0.480 e. The van der Waals surface area contributed by atoms with Crippen LogP contribution in [0.1, 0.15) is 25.5 Å². The van der Waals surface area contributed by atoms with Gasteiger partial charge in [0, 0.05) is 6.07 Å². The van der Waals surface area contributed by atoms with Crippen molar-refractivity contribution in [3.8, 4) is 5.88 Å². The molecular weight excluding hydrogens is 220 g/mol. The fourth-order valence-corrected chi connectivity index (χ4v) is 1.60. The van der Waals surface area contributed by atoms with E-state index in [0.29, 0.717) is 17.4 Å². The molecule has 90 valence electrons. The first kappa shape index (κ1) is 11.5. The van der Waals surface area contributed by atoms with Crippen molar-refractivity contribution in [3.63, 3.8) is 0 Å². The summed E-state index contributed by atoms with van der Waals surface area (Å²) in [5.74, 6) is 0.854. The van der Waals surface area contributed by atoms with Gasteiger partial charge in [-0.1, -0.05) is 13.3 Å². The summed E-state index contributed by atoms with van der Waals surface area (Å²) in [6, 6.07) is 3.11. The van der Waals surface area contributed by atoms with E-state index in [1.165, 1.54) is 7.11 Å². The molecule has 1 unspecified atom stereocenters. The molecule has 0 saturated heterocycles. The Balaban J connectivity index is 2.17. The maximum atomic E-state index is 11.6. The van der Waals surface area contributed by atoms with Gasteiger partial charge in [-0.05, 0) is 12.5 Å². The van der Waals surface area contributed by atoms with Crippen molar-refractivity contribution < 1.29 is 9.53 Å². The lowest BCUT2D eigenvalue weighted by Crippen LogP contribution is -2.29. The van der Waals surface area contributed by atoms with Crippen molar-refractivity contribution >= 4 is 11.7 Å². The van der Waals surface area contributed by atoms with Gasteiger partial charge in [0.25, 0.3) is 0 Å². The van der Waals surface area contributed by atoms with Gasteiger partial charge < -0.3 is 10.1 Å². The van der Waals surface area contributed by atoms with Gasteiger partial charge in [0.15, 0.2) is 5.84 Å². The van der Waals surface area contributed by atoms with Crippen molar-refractivity contribution in [2.75, 3.05) is 7.11 Å². The molecule has 2 rings (SSSR count). The van der Waals surface area contributed by atoms with E-state index < -0.39 is 0 Å². The van der Waals surface area contributed by atoms with E-state index in [9.17, 15) is 4.79 Å². The highest BCUT2D eigenvalue weighted by Gasteiger charge is 2.26. The maximum Gasteiger partial charge on any atom is 0.250 e. The standard InChI is InChI=1S/C11H14N4O2/c1-3-4-8-11(16)13-10(12-8)7-5-6-9(17-2)15-14-7/h5-6,8H,3-4H2,1-2H3,(H,12,13,16). The van der Waals surface area contributed by atoms with Gasteiger partial charge in [0.05, 0.1) is 7.11 Å². The zero-order valence-corrected chi connectivity index (χ0v) is 9.80. The van der Waals surface area contributed by atoms with Gasteiger partial charge >= 0.3 is 0 Å². The van der Waals surface area contributed by atoms with E-state index in [-0.39, 0.29) is 11.9 Å². The summed E-state index contributed by atoms with van der Waals surface area (Å²) in [5, 5.41) is 10.5. The molecule has 1 N–H and O–H groups in total. The second-order valence-electron chi connectivity index (χ2n) is 3.73. The second kappa shape index (κ2) is 4.90. The number of ether oxygens (including phenoxy) is 1. The Morgan fingerprint density at radius 2 is 2.24 bits per heavy atom. The maximum absolute atomic E-state index is 11.6. The second-order valence-corrected chi connectivity index (χ2v) is 3.73. The minimum atomic E-state index is -0.293. The third-order valence-corrected chi connectivity index (χ3v) is 2.48. The number of amidine groups is 1. The first-order chi connectivity index (χ1) is 8.24. The van der Waals surface area contributed by atoms with Crippen LogP contribution in [0, 0.1) is 0 Å². The van der Waals surface area contributed by atoms with Crippen LogP contribution in [0.5, 0.6) is 5.88 Å². The van der Waals surface area contributed by atoms with Crippen molar-refractivity contribution in [2.45, 2.75) is 25.8 Å². The zero-order chi connectivity index (χ0) is 12.3. The number of amides is 1. The van der Waals surface area contributed by atoms with E-state index in [4.69, 9.17) is 4.74 Å². The van der Waals surface area contributed by atoms with E-state index >= 15 is 0 Å². The molecule has 0 fully saturated rings. The number of rotatable bonds is 4. The van der Waals surface area contributed by atoms with Crippen LogP contribution in [0.15, 0.2) is 17.1 Å². The van der Waals surface area contributed by atoms with Crippen LogP contribution in [0.4, 0.5) is 0 Å². The molecule has 17 heavy (non-hydrogen) atoms.